The number of benzene rings is 1. The first-order valence-corrected chi connectivity index (χ1v) is 5.47. The highest BCUT2D eigenvalue weighted by Gasteiger charge is 2.05. The fourth-order valence-electron chi connectivity index (χ4n) is 1.61. The molecule has 84 valence electrons. The summed E-state index contributed by atoms with van der Waals surface area (Å²) in [5.74, 6) is 0.802. The van der Waals surface area contributed by atoms with E-state index in [1.807, 2.05) is 24.3 Å². The summed E-state index contributed by atoms with van der Waals surface area (Å²) < 4.78 is 5.66. The van der Waals surface area contributed by atoms with Gasteiger partial charge in [0.2, 0.25) is 0 Å². The topological polar surface area (TPSA) is 42.4 Å². The van der Waals surface area contributed by atoms with Crippen LogP contribution < -0.4 is 4.74 Å². The Hall–Kier alpha value is -1.61. The van der Waals surface area contributed by atoms with Crippen LogP contribution in [0.1, 0.15) is 19.0 Å². The van der Waals surface area contributed by atoms with Crippen molar-refractivity contribution in [2.45, 2.75) is 20.0 Å². The number of fused-ring (bicyclic) bond motifs is 1. The molecule has 0 aliphatic heterocycles. The van der Waals surface area contributed by atoms with Crippen LogP contribution >= 0.6 is 0 Å². The molecule has 0 aliphatic carbocycles. The van der Waals surface area contributed by atoms with Gasteiger partial charge in [0.1, 0.15) is 5.75 Å². The largest absolute Gasteiger partial charge is 0.493 e. The van der Waals surface area contributed by atoms with E-state index in [-0.39, 0.29) is 6.61 Å². The number of nitrogens with zero attached hydrogens (tertiary/aromatic N) is 1. The lowest BCUT2D eigenvalue weighted by Crippen LogP contribution is -1.99. The smallest absolute Gasteiger partial charge is 0.130 e. The molecule has 0 saturated heterocycles. The Morgan fingerprint density at radius 2 is 2.12 bits per heavy atom. The molecular formula is C13H15NO2. The summed E-state index contributed by atoms with van der Waals surface area (Å²) in [6.07, 6.45) is 0.963. The van der Waals surface area contributed by atoms with Gasteiger partial charge in [-0.05, 0) is 18.6 Å². The Balaban J connectivity index is 2.50. The standard InChI is InChI=1S/C13H15NO2/c1-2-7-16-13-8-10(9-15)14-12-6-4-3-5-11(12)13/h3-6,8,15H,2,7,9H2,1H3. The lowest BCUT2D eigenvalue weighted by molar-refractivity contribution is 0.275. The van der Waals surface area contributed by atoms with Gasteiger partial charge in [-0.2, -0.15) is 0 Å². The van der Waals surface area contributed by atoms with Crippen molar-refractivity contribution in [1.82, 2.24) is 4.98 Å². The third-order valence-electron chi connectivity index (χ3n) is 2.35. The van der Waals surface area contributed by atoms with Crippen LogP contribution in [0.3, 0.4) is 0 Å². The third kappa shape index (κ3) is 2.14. The van der Waals surface area contributed by atoms with Crippen LogP contribution in [0.5, 0.6) is 5.75 Å². The molecule has 2 aromatic rings. The molecule has 1 aromatic carbocycles. The van der Waals surface area contributed by atoms with Crippen molar-refractivity contribution in [3.05, 3.63) is 36.0 Å². The first-order valence-electron chi connectivity index (χ1n) is 5.47. The van der Waals surface area contributed by atoms with E-state index in [0.717, 1.165) is 23.1 Å². The van der Waals surface area contributed by atoms with Gasteiger partial charge in [-0.25, -0.2) is 0 Å². The fraction of sp³-hybridized carbons (Fsp3) is 0.308. The summed E-state index contributed by atoms with van der Waals surface area (Å²) in [7, 11) is 0. The van der Waals surface area contributed by atoms with Gasteiger partial charge in [0, 0.05) is 11.5 Å². The van der Waals surface area contributed by atoms with Crippen molar-refractivity contribution in [3.63, 3.8) is 0 Å². The second-order valence-electron chi connectivity index (χ2n) is 3.64. The monoisotopic (exact) mass is 217 g/mol. The van der Waals surface area contributed by atoms with Crippen molar-refractivity contribution in [2.24, 2.45) is 0 Å². The zero-order valence-corrected chi connectivity index (χ0v) is 9.31. The van der Waals surface area contributed by atoms with Gasteiger partial charge in [0.15, 0.2) is 0 Å². The second kappa shape index (κ2) is 4.94. The van der Waals surface area contributed by atoms with Crippen LogP contribution in [0.25, 0.3) is 10.9 Å². The highest BCUT2D eigenvalue weighted by Crippen LogP contribution is 2.25. The molecule has 0 bridgehead atoms. The fourth-order valence-corrected chi connectivity index (χ4v) is 1.61. The van der Waals surface area contributed by atoms with E-state index in [1.165, 1.54) is 0 Å². The van der Waals surface area contributed by atoms with Crippen molar-refractivity contribution in [2.75, 3.05) is 6.61 Å². The van der Waals surface area contributed by atoms with E-state index in [9.17, 15) is 0 Å². The predicted molar refractivity (Wildman–Crippen MR) is 63.5 cm³/mol. The van der Waals surface area contributed by atoms with Crippen LogP contribution in [0, 0.1) is 0 Å². The van der Waals surface area contributed by atoms with Crippen molar-refractivity contribution in [1.29, 1.82) is 0 Å². The number of rotatable bonds is 4. The molecule has 0 aliphatic rings. The van der Waals surface area contributed by atoms with E-state index >= 15 is 0 Å². The first-order chi connectivity index (χ1) is 7.85. The average molecular weight is 217 g/mol. The number of aliphatic hydroxyl groups excluding tert-OH is 1. The van der Waals surface area contributed by atoms with Gasteiger partial charge in [0.25, 0.3) is 0 Å². The quantitative estimate of drug-likeness (QED) is 0.855. The minimum atomic E-state index is -0.0622. The molecule has 3 nitrogen and oxygen atoms in total. The number of aromatic nitrogens is 1. The van der Waals surface area contributed by atoms with E-state index in [4.69, 9.17) is 9.84 Å². The molecule has 0 amide bonds. The molecule has 0 atom stereocenters. The molecular weight excluding hydrogens is 202 g/mol. The number of hydrogen-bond donors (Lipinski definition) is 1. The predicted octanol–water partition coefficient (Wildman–Crippen LogP) is 2.52. The molecule has 0 spiro atoms. The Morgan fingerprint density at radius 3 is 2.88 bits per heavy atom. The van der Waals surface area contributed by atoms with E-state index in [0.29, 0.717) is 12.3 Å². The lowest BCUT2D eigenvalue weighted by atomic mass is 10.2. The number of para-hydroxylation sites is 1. The maximum absolute atomic E-state index is 9.13. The molecule has 1 aromatic heterocycles. The highest BCUT2D eigenvalue weighted by atomic mass is 16.5. The molecule has 1 N–H and O–H groups in total. The molecule has 16 heavy (non-hydrogen) atoms. The summed E-state index contributed by atoms with van der Waals surface area (Å²) in [5.41, 5.74) is 1.50. The molecule has 1 heterocycles. The summed E-state index contributed by atoms with van der Waals surface area (Å²) >= 11 is 0. The van der Waals surface area contributed by atoms with Crippen molar-refractivity contribution < 1.29 is 9.84 Å². The Morgan fingerprint density at radius 1 is 1.31 bits per heavy atom. The Labute approximate surface area is 94.7 Å². The molecule has 0 unspecified atom stereocenters. The molecule has 3 heteroatoms. The number of aliphatic hydroxyl groups is 1. The Bertz CT molecular complexity index is 482. The molecule has 0 fully saturated rings. The Kier molecular flexibility index (Phi) is 3.37. The average Bonchev–Trinajstić information content (AvgIpc) is 2.35. The van der Waals surface area contributed by atoms with Gasteiger partial charge >= 0.3 is 0 Å². The van der Waals surface area contributed by atoms with Gasteiger partial charge in [-0.15, -0.1) is 0 Å². The summed E-state index contributed by atoms with van der Waals surface area (Å²) in [5, 5.41) is 10.1. The van der Waals surface area contributed by atoms with Crippen LogP contribution in [-0.4, -0.2) is 16.7 Å². The third-order valence-corrected chi connectivity index (χ3v) is 2.35. The van der Waals surface area contributed by atoms with E-state index in [1.54, 1.807) is 6.07 Å². The summed E-state index contributed by atoms with van der Waals surface area (Å²) in [4.78, 5) is 4.33. The van der Waals surface area contributed by atoms with Gasteiger partial charge in [0.05, 0.1) is 24.4 Å². The summed E-state index contributed by atoms with van der Waals surface area (Å²) in [6, 6.07) is 9.60. The maximum Gasteiger partial charge on any atom is 0.130 e. The molecule has 2 rings (SSSR count). The second-order valence-corrected chi connectivity index (χ2v) is 3.64. The van der Waals surface area contributed by atoms with E-state index < -0.39 is 0 Å². The van der Waals surface area contributed by atoms with Gasteiger partial charge < -0.3 is 9.84 Å². The minimum absolute atomic E-state index is 0.0622. The normalized spacial score (nSPS) is 10.6. The highest BCUT2D eigenvalue weighted by molar-refractivity contribution is 5.85. The lowest BCUT2D eigenvalue weighted by Gasteiger charge is -2.09. The summed E-state index contributed by atoms with van der Waals surface area (Å²) in [6.45, 7) is 2.68. The molecule has 0 saturated carbocycles. The van der Waals surface area contributed by atoms with E-state index in [2.05, 4.69) is 11.9 Å². The number of pyridine rings is 1. The first kappa shape index (κ1) is 10.9. The zero-order valence-electron chi connectivity index (χ0n) is 9.31. The van der Waals surface area contributed by atoms with Gasteiger partial charge in [-0.3, -0.25) is 4.98 Å². The van der Waals surface area contributed by atoms with Crippen LogP contribution in [0.4, 0.5) is 0 Å². The van der Waals surface area contributed by atoms with Crippen molar-refractivity contribution >= 4 is 10.9 Å². The van der Waals surface area contributed by atoms with Gasteiger partial charge in [-0.1, -0.05) is 19.1 Å². The number of hydrogen-bond acceptors (Lipinski definition) is 3. The number of ether oxygens (including phenoxy) is 1. The molecule has 0 radical (unpaired) electrons. The zero-order chi connectivity index (χ0) is 11.4. The SMILES string of the molecule is CCCOc1cc(CO)nc2ccccc12. The van der Waals surface area contributed by atoms with Crippen LogP contribution in [0.15, 0.2) is 30.3 Å². The maximum atomic E-state index is 9.13. The minimum Gasteiger partial charge on any atom is -0.493 e. The van der Waals surface area contributed by atoms with Crippen LogP contribution in [0.2, 0.25) is 0 Å². The van der Waals surface area contributed by atoms with Crippen molar-refractivity contribution in [3.8, 4) is 5.75 Å². The van der Waals surface area contributed by atoms with Crippen LogP contribution in [-0.2, 0) is 6.61 Å².